The first-order valence-corrected chi connectivity index (χ1v) is 11.7. The van der Waals surface area contributed by atoms with Gasteiger partial charge in [-0.2, -0.15) is 0 Å². The van der Waals surface area contributed by atoms with Crippen molar-refractivity contribution >= 4 is 28.4 Å². The summed E-state index contributed by atoms with van der Waals surface area (Å²) in [4.78, 5) is 26.8. The lowest BCUT2D eigenvalue weighted by Crippen LogP contribution is -2.02. The Morgan fingerprint density at radius 3 is 2.41 bits per heavy atom. The van der Waals surface area contributed by atoms with Gasteiger partial charge in [0.15, 0.2) is 5.78 Å². The average Bonchev–Trinajstić information content (AvgIpc) is 3.39. The van der Waals surface area contributed by atoms with E-state index in [9.17, 15) is 4.79 Å². The van der Waals surface area contributed by atoms with E-state index in [2.05, 4.69) is 4.98 Å². The van der Waals surface area contributed by atoms with E-state index in [0.717, 1.165) is 47.4 Å². The maximum absolute atomic E-state index is 12.9. The topological polar surface area (TPSA) is 60.7 Å². The monoisotopic (exact) mass is 466 g/mol. The van der Waals surface area contributed by atoms with Crippen molar-refractivity contribution in [1.82, 2.24) is 19.5 Å². The number of halogens is 1. The summed E-state index contributed by atoms with van der Waals surface area (Å²) in [6.07, 6.45) is 7.74. The molecule has 5 rings (SSSR count). The Labute approximate surface area is 203 Å². The molecule has 0 spiro atoms. The molecule has 168 valence electrons. The molecule has 0 fully saturated rings. The maximum atomic E-state index is 12.9. The molecule has 5 aromatic rings. The van der Waals surface area contributed by atoms with E-state index >= 15 is 0 Å². The van der Waals surface area contributed by atoms with Gasteiger partial charge in [-0.3, -0.25) is 4.79 Å². The van der Waals surface area contributed by atoms with Crippen molar-refractivity contribution in [3.05, 3.63) is 102 Å². The fourth-order valence-corrected chi connectivity index (χ4v) is 4.20. The number of hydrogen-bond acceptors (Lipinski definition) is 4. The zero-order valence-corrected chi connectivity index (χ0v) is 19.3. The standard InChI is InChI=1S/C28H23ClN4O/c29-23-10-6-9-22(17-23)28-27(20-7-2-1-3-8-20)31-24-13-12-21(18-25(24)32-28)26(34)11-4-5-15-33-16-14-30-19-33/h1-3,6-10,12-14,16-19H,4-5,11,15H2. The van der Waals surface area contributed by atoms with Crippen molar-refractivity contribution < 1.29 is 4.79 Å². The molecule has 34 heavy (non-hydrogen) atoms. The minimum atomic E-state index is 0.116. The third-order valence-corrected chi connectivity index (χ3v) is 6.00. The first kappa shape index (κ1) is 22.0. The summed E-state index contributed by atoms with van der Waals surface area (Å²) in [5.74, 6) is 0.116. The number of rotatable bonds is 8. The molecule has 0 radical (unpaired) electrons. The number of hydrogen-bond donors (Lipinski definition) is 0. The van der Waals surface area contributed by atoms with Gasteiger partial charge in [0, 0.05) is 47.1 Å². The van der Waals surface area contributed by atoms with Crippen LogP contribution in [0.5, 0.6) is 0 Å². The Bertz CT molecular complexity index is 1430. The fraction of sp³-hybridized carbons (Fsp3) is 0.143. The number of aryl methyl sites for hydroxylation is 1. The van der Waals surface area contributed by atoms with Crippen LogP contribution in [0.15, 0.2) is 91.5 Å². The van der Waals surface area contributed by atoms with Gasteiger partial charge in [0.05, 0.1) is 28.7 Å². The van der Waals surface area contributed by atoms with E-state index in [0.29, 0.717) is 22.5 Å². The third kappa shape index (κ3) is 4.90. The number of carbonyl (C=O) groups is 1. The Hall–Kier alpha value is -3.83. The zero-order valence-electron chi connectivity index (χ0n) is 18.6. The van der Waals surface area contributed by atoms with E-state index in [4.69, 9.17) is 21.6 Å². The number of benzene rings is 3. The van der Waals surface area contributed by atoms with Crippen molar-refractivity contribution in [1.29, 1.82) is 0 Å². The predicted octanol–water partition coefficient (Wildman–Crippen LogP) is 6.87. The van der Waals surface area contributed by atoms with Gasteiger partial charge in [0.1, 0.15) is 0 Å². The van der Waals surface area contributed by atoms with Crippen LogP contribution in [0.3, 0.4) is 0 Å². The van der Waals surface area contributed by atoms with Gasteiger partial charge in [-0.25, -0.2) is 15.0 Å². The summed E-state index contributed by atoms with van der Waals surface area (Å²) >= 11 is 6.27. The molecule has 0 saturated heterocycles. The van der Waals surface area contributed by atoms with Crippen LogP contribution in [-0.4, -0.2) is 25.3 Å². The molecule has 0 aliphatic rings. The summed E-state index contributed by atoms with van der Waals surface area (Å²) in [7, 11) is 0. The Morgan fingerprint density at radius 2 is 1.62 bits per heavy atom. The zero-order chi connectivity index (χ0) is 23.3. The number of ketones is 1. The Morgan fingerprint density at radius 1 is 0.824 bits per heavy atom. The molecular formula is C28H23ClN4O. The second-order valence-corrected chi connectivity index (χ2v) is 8.62. The molecule has 0 amide bonds. The van der Waals surface area contributed by atoms with Crippen LogP contribution in [0, 0.1) is 0 Å². The van der Waals surface area contributed by atoms with E-state index < -0.39 is 0 Å². The molecule has 0 unspecified atom stereocenters. The summed E-state index contributed by atoms with van der Waals surface area (Å²) in [5, 5.41) is 0.637. The van der Waals surface area contributed by atoms with Crippen molar-refractivity contribution in [2.45, 2.75) is 25.8 Å². The van der Waals surface area contributed by atoms with Gasteiger partial charge in [0.2, 0.25) is 0 Å². The van der Waals surface area contributed by atoms with Crippen LogP contribution in [0.2, 0.25) is 5.02 Å². The summed E-state index contributed by atoms with van der Waals surface area (Å²) in [5.41, 5.74) is 5.50. The lowest BCUT2D eigenvalue weighted by molar-refractivity contribution is 0.0979. The number of aromatic nitrogens is 4. The van der Waals surface area contributed by atoms with Crippen LogP contribution in [0.1, 0.15) is 29.6 Å². The summed E-state index contributed by atoms with van der Waals surface area (Å²) in [6.45, 7) is 0.863. The Balaban J connectivity index is 1.45. The molecule has 2 heterocycles. The highest BCUT2D eigenvalue weighted by molar-refractivity contribution is 6.30. The number of fused-ring (bicyclic) bond motifs is 1. The van der Waals surface area contributed by atoms with Gasteiger partial charge < -0.3 is 4.57 Å². The lowest BCUT2D eigenvalue weighted by Gasteiger charge is -2.11. The number of imidazole rings is 1. The van der Waals surface area contributed by atoms with Crippen molar-refractivity contribution in [2.75, 3.05) is 0 Å². The molecule has 3 aromatic carbocycles. The van der Waals surface area contributed by atoms with Gasteiger partial charge in [0.25, 0.3) is 0 Å². The normalized spacial score (nSPS) is 11.1. The highest BCUT2D eigenvalue weighted by Gasteiger charge is 2.15. The van der Waals surface area contributed by atoms with E-state index in [1.807, 2.05) is 83.6 Å². The second kappa shape index (κ2) is 9.98. The van der Waals surface area contributed by atoms with Gasteiger partial charge in [-0.1, -0.05) is 54.1 Å². The number of carbonyl (C=O) groups excluding carboxylic acids is 1. The van der Waals surface area contributed by atoms with E-state index in [1.165, 1.54) is 0 Å². The number of unbranched alkanes of at least 4 members (excludes halogenated alkanes) is 1. The summed E-state index contributed by atoms with van der Waals surface area (Å²) < 4.78 is 2.03. The second-order valence-electron chi connectivity index (χ2n) is 8.18. The minimum Gasteiger partial charge on any atom is -0.337 e. The maximum Gasteiger partial charge on any atom is 0.162 e. The minimum absolute atomic E-state index is 0.116. The van der Waals surface area contributed by atoms with Crippen LogP contribution in [0.4, 0.5) is 0 Å². The number of nitrogens with zero attached hydrogens (tertiary/aromatic N) is 4. The van der Waals surface area contributed by atoms with E-state index in [1.54, 1.807) is 12.5 Å². The van der Waals surface area contributed by atoms with Crippen LogP contribution in [-0.2, 0) is 6.54 Å². The molecule has 0 atom stereocenters. The van der Waals surface area contributed by atoms with Gasteiger partial charge >= 0.3 is 0 Å². The molecule has 0 aliphatic carbocycles. The molecular weight excluding hydrogens is 444 g/mol. The smallest absolute Gasteiger partial charge is 0.162 e. The van der Waals surface area contributed by atoms with Gasteiger partial charge in [-0.05, 0) is 43.2 Å². The predicted molar refractivity (Wildman–Crippen MR) is 136 cm³/mol. The van der Waals surface area contributed by atoms with Crippen molar-refractivity contribution in [3.63, 3.8) is 0 Å². The third-order valence-electron chi connectivity index (χ3n) is 5.76. The van der Waals surface area contributed by atoms with Crippen molar-refractivity contribution in [3.8, 4) is 22.5 Å². The highest BCUT2D eigenvalue weighted by atomic mass is 35.5. The van der Waals surface area contributed by atoms with Gasteiger partial charge in [-0.15, -0.1) is 0 Å². The largest absolute Gasteiger partial charge is 0.337 e. The van der Waals surface area contributed by atoms with Crippen LogP contribution in [0.25, 0.3) is 33.5 Å². The van der Waals surface area contributed by atoms with Crippen LogP contribution < -0.4 is 0 Å². The SMILES string of the molecule is O=C(CCCCn1ccnc1)c1ccc2nc(-c3ccccc3)c(-c3cccc(Cl)c3)nc2c1. The molecule has 5 nitrogen and oxygen atoms in total. The molecule has 0 bridgehead atoms. The molecule has 0 saturated carbocycles. The first-order valence-electron chi connectivity index (χ1n) is 11.3. The molecule has 6 heteroatoms. The average molecular weight is 467 g/mol. The molecule has 0 N–H and O–H groups in total. The molecule has 0 aliphatic heterocycles. The van der Waals surface area contributed by atoms with Crippen LogP contribution >= 0.6 is 11.6 Å². The van der Waals surface area contributed by atoms with Crippen molar-refractivity contribution in [2.24, 2.45) is 0 Å². The summed E-state index contributed by atoms with van der Waals surface area (Å²) in [6, 6.07) is 23.2. The highest BCUT2D eigenvalue weighted by Crippen LogP contribution is 2.32. The van der Waals surface area contributed by atoms with E-state index in [-0.39, 0.29) is 5.78 Å². The lowest BCUT2D eigenvalue weighted by atomic mass is 10.0. The Kier molecular flexibility index (Phi) is 6.45. The molecule has 2 aromatic heterocycles. The quantitative estimate of drug-likeness (QED) is 0.185. The first-order chi connectivity index (χ1) is 16.7. The number of Topliss-reactive ketones (excluding diaryl/α,β-unsaturated/α-hetero) is 1. The fourth-order valence-electron chi connectivity index (χ4n) is 4.01.